The molecular weight excluding hydrogens is 198 g/mol. The molecule has 0 aromatic carbocycles. The fraction of sp³-hybridized carbons (Fsp3) is 0.929. The molecule has 0 bridgehead atoms. The maximum absolute atomic E-state index is 12.1. The third kappa shape index (κ3) is 3.31. The lowest BCUT2D eigenvalue weighted by Gasteiger charge is -2.31. The van der Waals surface area contributed by atoms with Gasteiger partial charge in [0, 0.05) is 6.42 Å². The van der Waals surface area contributed by atoms with E-state index in [1.807, 2.05) is 0 Å². The highest BCUT2D eigenvalue weighted by Gasteiger charge is 2.26. The average molecular weight is 223 g/mol. The molecule has 2 heteroatoms. The van der Waals surface area contributed by atoms with E-state index < -0.39 is 0 Å². The quantitative estimate of drug-likeness (QED) is 0.636. The maximum atomic E-state index is 12.1. The molecule has 0 spiro atoms. The van der Waals surface area contributed by atoms with E-state index >= 15 is 0 Å². The van der Waals surface area contributed by atoms with Crippen molar-refractivity contribution in [1.82, 2.24) is 4.90 Å². The van der Waals surface area contributed by atoms with Gasteiger partial charge in [0.15, 0.2) is 0 Å². The summed E-state index contributed by atoms with van der Waals surface area (Å²) in [5, 5.41) is 0. The zero-order valence-electron chi connectivity index (χ0n) is 10.4. The molecule has 1 atom stereocenters. The van der Waals surface area contributed by atoms with E-state index in [-0.39, 0.29) is 6.04 Å². The van der Waals surface area contributed by atoms with Gasteiger partial charge in [-0.05, 0) is 38.8 Å². The van der Waals surface area contributed by atoms with E-state index in [9.17, 15) is 4.79 Å². The van der Waals surface area contributed by atoms with Gasteiger partial charge in [-0.2, -0.15) is 0 Å². The number of carbonyl (C=O) groups excluding carboxylic acids is 1. The lowest BCUT2D eigenvalue weighted by Crippen LogP contribution is -2.42. The van der Waals surface area contributed by atoms with E-state index in [4.69, 9.17) is 0 Å². The van der Waals surface area contributed by atoms with Crippen molar-refractivity contribution in [2.45, 2.75) is 70.3 Å². The minimum atomic E-state index is 0.278. The summed E-state index contributed by atoms with van der Waals surface area (Å²) < 4.78 is 0. The number of nitrogens with zero attached hydrogens (tertiary/aromatic N) is 1. The molecule has 92 valence electrons. The molecule has 1 aliphatic heterocycles. The molecule has 1 unspecified atom stereocenters. The van der Waals surface area contributed by atoms with Crippen LogP contribution in [0.15, 0.2) is 0 Å². The van der Waals surface area contributed by atoms with Crippen LogP contribution in [-0.2, 0) is 4.79 Å². The number of carbonyl (C=O) groups is 1. The van der Waals surface area contributed by atoms with Crippen LogP contribution in [0, 0.1) is 0 Å². The van der Waals surface area contributed by atoms with Crippen LogP contribution < -0.4 is 0 Å². The van der Waals surface area contributed by atoms with Crippen molar-refractivity contribution in [2.24, 2.45) is 0 Å². The Morgan fingerprint density at radius 2 is 1.44 bits per heavy atom. The van der Waals surface area contributed by atoms with Gasteiger partial charge in [-0.25, -0.2) is 0 Å². The fourth-order valence-electron chi connectivity index (χ4n) is 3.11. The number of ketones is 1. The molecule has 0 aromatic rings. The molecule has 1 aliphatic carbocycles. The van der Waals surface area contributed by atoms with Crippen LogP contribution in [0.2, 0.25) is 0 Å². The van der Waals surface area contributed by atoms with Crippen molar-refractivity contribution in [3.63, 3.8) is 0 Å². The second kappa shape index (κ2) is 6.39. The number of hydrogen-bond donors (Lipinski definition) is 0. The number of hydrogen-bond acceptors (Lipinski definition) is 2. The van der Waals surface area contributed by atoms with Crippen LogP contribution in [0.1, 0.15) is 64.2 Å². The van der Waals surface area contributed by atoms with Crippen LogP contribution in [0.4, 0.5) is 0 Å². The Kier molecular flexibility index (Phi) is 4.83. The highest BCUT2D eigenvalue weighted by atomic mass is 16.1. The standard InChI is InChI=1S/C14H25NO/c16-14-10-6-4-5-9-13(14)15-11-7-2-1-3-8-12-15/h13H,1-12H2. The molecular formula is C14H25NO. The molecule has 0 N–H and O–H groups in total. The van der Waals surface area contributed by atoms with Gasteiger partial charge in [-0.15, -0.1) is 0 Å². The maximum Gasteiger partial charge on any atom is 0.149 e. The molecule has 0 radical (unpaired) electrons. The lowest BCUT2D eigenvalue weighted by molar-refractivity contribution is -0.124. The van der Waals surface area contributed by atoms with E-state index in [1.54, 1.807) is 0 Å². The van der Waals surface area contributed by atoms with Crippen LogP contribution >= 0.6 is 0 Å². The second-order valence-corrected chi connectivity index (χ2v) is 5.39. The third-order valence-electron chi connectivity index (χ3n) is 4.10. The molecule has 1 heterocycles. The van der Waals surface area contributed by atoms with Gasteiger partial charge in [-0.3, -0.25) is 9.69 Å². The highest BCUT2D eigenvalue weighted by Crippen LogP contribution is 2.21. The van der Waals surface area contributed by atoms with E-state index in [0.29, 0.717) is 5.78 Å². The number of likely N-dealkylation sites (tertiary alicyclic amines) is 1. The van der Waals surface area contributed by atoms with Gasteiger partial charge in [0.25, 0.3) is 0 Å². The third-order valence-corrected chi connectivity index (χ3v) is 4.10. The summed E-state index contributed by atoms with van der Waals surface area (Å²) in [5.41, 5.74) is 0. The second-order valence-electron chi connectivity index (χ2n) is 5.39. The molecule has 1 saturated carbocycles. The summed E-state index contributed by atoms with van der Waals surface area (Å²) in [4.78, 5) is 14.6. The van der Waals surface area contributed by atoms with Gasteiger partial charge in [0.05, 0.1) is 6.04 Å². The van der Waals surface area contributed by atoms with Crippen molar-refractivity contribution in [3.05, 3.63) is 0 Å². The van der Waals surface area contributed by atoms with Gasteiger partial charge in [-0.1, -0.05) is 32.1 Å². The zero-order valence-corrected chi connectivity index (χ0v) is 10.4. The molecule has 16 heavy (non-hydrogen) atoms. The monoisotopic (exact) mass is 223 g/mol. The first-order valence-corrected chi connectivity index (χ1v) is 7.15. The largest absolute Gasteiger partial charge is 0.298 e. The SMILES string of the molecule is O=C1CCCCCC1N1CCCCCCC1. The first-order valence-electron chi connectivity index (χ1n) is 7.15. The molecule has 0 amide bonds. The van der Waals surface area contributed by atoms with Crippen molar-refractivity contribution in [3.8, 4) is 0 Å². The van der Waals surface area contributed by atoms with Gasteiger partial charge >= 0.3 is 0 Å². The average Bonchev–Trinajstić information content (AvgIpc) is 2.43. The Bertz CT molecular complexity index is 219. The molecule has 1 saturated heterocycles. The fourth-order valence-corrected chi connectivity index (χ4v) is 3.11. The van der Waals surface area contributed by atoms with E-state index in [1.165, 1.54) is 44.9 Å². The number of rotatable bonds is 1. The zero-order chi connectivity index (χ0) is 11.2. The van der Waals surface area contributed by atoms with Gasteiger partial charge in [0.2, 0.25) is 0 Å². The first kappa shape index (κ1) is 12.1. The van der Waals surface area contributed by atoms with Crippen LogP contribution in [0.5, 0.6) is 0 Å². The van der Waals surface area contributed by atoms with Gasteiger partial charge < -0.3 is 0 Å². The molecule has 2 nitrogen and oxygen atoms in total. The molecule has 2 rings (SSSR count). The van der Waals surface area contributed by atoms with Crippen molar-refractivity contribution in [2.75, 3.05) is 13.1 Å². The van der Waals surface area contributed by atoms with Crippen LogP contribution in [0.3, 0.4) is 0 Å². The topological polar surface area (TPSA) is 20.3 Å². The predicted octanol–water partition coefficient (Wildman–Crippen LogP) is 3.15. The first-order chi connectivity index (χ1) is 7.88. The molecule has 0 aromatic heterocycles. The Labute approximate surface area is 99.4 Å². The highest BCUT2D eigenvalue weighted by molar-refractivity contribution is 5.84. The van der Waals surface area contributed by atoms with E-state index in [2.05, 4.69) is 4.90 Å². The van der Waals surface area contributed by atoms with E-state index in [0.717, 1.165) is 32.4 Å². The summed E-state index contributed by atoms with van der Waals surface area (Å²) >= 11 is 0. The minimum absolute atomic E-state index is 0.278. The van der Waals surface area contributed by atoms with Crippen molar-refractivity contribution < 1.29 is 4.79 Å². The van der Waals surface area contributed by atoms with Crippen molar-refractivity contribution >= 4 is 5.78 Å². The van der Waals surface area contributed by atoms with Crippen molar-refractivity contribution in [1.29, 1.82) is 0 Å². The Morgan fingerprint density at radius 3 is 2.19 bits per heavy atom. The molecule has 2 fully saturated rings. The predicted molar refractivity (Wildman–Crippen MR) is 66.5 cm³/mol. The van der Waals surface area contributed by atoms with Gasteiger partial charge in [0.1, 0.15) is 5.78 Å². The van der Waals surface area contributed by atoms with Crippen LogP contribution in [0.25, 0.3) is 0 Å². The summed E-state index contributed by atoms with van der Waals surface area (Å²) in [6, 6.07) is 0.278. The summed E-state index contributed by atoms with van der Waals surface area (Å²) in [7, 11) is 0. The lowest BCUT2D eigenvalue weighted by atomic mass is 10.0. The van der Waals surface area contributed by atoms with Crippen LogP contribution in [-0.4, -0.2) is 29.8 Å². The molecule has 2 aliphatic rings. The Hall–Kier alpha value is -0.370. The minimum Gasteiger partial charge on any atom is -0.298 e. The summed E-state index contributed by atoms with van der Waals surface area (Å²) in [5.74, 6) is 0.526. The number of Topliss-reactive ketones (excluding diaryl/α,β-unsaturated/α-hetero) is 1. The smallest absolute Gasteiger partial charge is 0.149 e. The summed E-state index contributed by atoms with van der Waals surface area (Å²) in [6.45, 7) is 2.33. The Morgan fingerprint density at radius 1 is 0.812 bits per heavy atom. The Balaban J connectivity index is 1.93. The normalized spacial score (nSPS) is 30.5. The summed E-state index contributed by atoms with van der Waals surface area (Å²) in [6.07, 6.45) is 12.3.